The molecule has 0 aromatic rings. The van der Waals surface area contributed by atoms with Gasteiger partial charge < -0.3 is 23.5 Å². The second-order valence-electron chi connectivity index (χ2n) is 8.51. The molecule has 0 saturated heterocycles. The van der Waals surface area contributed by atoms with Crippen molar-refractivity contribution in [3.8, 4) is 0 Å². The van der Waals surface area contributed by atoms with Crippen molar-refractivity contribution in [1.29, 1.82) is 0 Å². The van der Waals surface area contributed by atoms with Gasteiger partial charge in [0.1, 0.15) is 13.2 Å². The third-order valence-electron chi connectivity index (χ3n) is 5.57. The van der Waals surface area contributed by atoms with Crippen LogP contribution in [0.5, 0.6) is 0 Å². The fourth-order valence-corrected chi connectivity index (χ4v) is 4.49. The Labute approximate surface area is 234 Å². The van der Waals surface area contributed by atoms with Crippen LogP contribution in [-0.2, 0) is 38.7 Å². The van der Waals surface area contributed by atoms with E-state index in [1.54, 1.807) is 14.2 Å². The van der Waals surface area contributed by atoms with Crippen LogP contribution >= 0.6 is 0 Å². The molecule has 0 amide bonds. The first-order chi connectivity index (χ1) is 16.3. The topological polar surface area (TPSA) is 128 Å². The maximum absolute atomic E-state index is 11.6. The van der Waals surface area contributed by atoms with Gasteiger partial charge >= 0.3 is 41.5 Å². The van der Waals surface area contributed by atoms with Crippen LogP contribution in [0.15, 0.2) is 0 Å². The van der Waals surface area contributed by atoms with E-state index in [0.29, 0.717) is 45.3 Å². The van der Waals surface area contributed by atoms with Crippen molar-refractivity contribution in [2.75, 3.05) is 40.6 Å². The maximum atomic E-state index is 11.6. The first-order valence-electron chi connectivity index (χ1n) is 12.5. The fourth-order valence-electron chi connectivity index (χ4n) is 3.58. The number of hydrogen-bond acceptors (Lipinski definition) is 9. The summed E-state index contributed by atoms with van der Waals surface area (Å²) in [7, 11) is -1.18. The summed E-state index contributed by atoms with van der Waals surface area (Å²) >= 11 is 0. The van der Waals surface area contributed by atoms with Gasteiger partial charge in [-0.05, 0) is 25.7 Å². The van der Waals surface area contributed by atoms with Gasteiger partial charge in [-0.25, -0.2) is 8.42 Å². The minimum absolute atomic E-state index is 0. The van der Waals surface area contributed by atoms with E-state index in [-0.39, 0.29) is 54.7 Å². The molecule has 0 aromatic carbocycles. The maximum Gasteiger partial charge on any atom is 1.00 e. The van der Waals surface area contributed by atoms with Crippen LogP contribution in [0.4, 0.5) is 0 Å². The molecule has 0 saturated carbocycles. The Morgan fingerprint density at radius 2 is 0.971 bits per heavy atom. The molecular weight excluding hydrogens is 487 g/mol. The van der Waals surface area contributed by atoms with E-state index in [2.05, 4.69) is 0 Å². The van der Waals surface area contributed by atoms with Gasteiger partial charge in [-0.3, -0.25) is 9.59 Å². The zero-order valence-electron chi connectivity index (χ0n) is 22.1. The molecule has 0 radical (unpaired) electrons. The Morgan fingerprint density at radius 3 is 1.31 bits per heavy atom. The molecule has 0 rings (SSSR count). The smallest absolute Gasteiger partial charge is 0.748 e. The molecular formula is C24H45NaO9S. The summed E-state index contributed by atoms with van der Waals surface area (Å²) in [6.07, 6.45) is 10.9. The van der Waals surface area contributed by atoms with Gasteiger partial charge in [-0.15, -0.1) is 0 Å². The minimum Gasteiger partial charge on any atom is -0.748 e. The summed E-state index contributed by atoms with van der Waals surface area (Å²) < 4.78 is 54.4. The minimum atomic E-state index is -4.29. The van der Waals surface area contributed by atoms with Gasteiger partial charge in [-0.1, -0.05) is 57.8 Å². The van der Waals surface area contributed by atoms with Crippen molar-refractivity contribution in [3.05, 3.63) is 0 Å². The number of carbonyl (C=O) groups excluding carboxylic acids is 2. The zero-order valence-corrected chi connectivity index (χ0v) is 24.9. The Kier molecular flexibility index (Phi) is 26.8. The van der Waals surface area contributed by atoms with Crippen molar-refractivity contribution in [1.82, 2.24) is 0 Å². The van der Waals surface area contributed by atoms with E-state index in [9.17, 15) is 22.6 Å². The van der Waals surface area contributed by atoms with E-state index in [0.717, 1.165) is 64.2 Å². The Morgan fingerprint density at radius 1 is 0.629 bits per heavy atom. The zero-order chi connectivity index (χ0) is 25.5. The standard InChI is InChI=1S/C24H46O9S.Na/c1-30-18-20-32-23(25)16-12-8-4-3-6-10-14-22(34(27,28)29)15-11-7-5-9-13-17-24(26)33-21-19-31-2;/h22H,3-21H2,1-2H3,(H,27,28,29);/q;+1/p-1. The van der Waals surface area contributed by atoms with Gasteiger partial charge in [0.15, 0.2) is 0 Å². The van der Waals surface area contributed by atoms with E-state index < -0.39 is 15.4 Å². The Balaban J connectivity index is 0. The van der Waals surface area contributed by atoms with Crippen LogP contribution < -0.4 is 29.6 Å². The predicted molar refractivity (Wildman–Crippen MR) is 128 cm³/mol. The van der Waals surface area contributed by atoms with Crippen molar-refractivity contribution < 1.29 is 71.1 Å². The van der Waals surface area contributed by atoms with E-state index >= 15 is 0 Å². The molecule has 0 heterocycles. The molecule has 9 nitrogen and oxygen atoms in total. The third-order valence-corrected chi connectivity index (χ3v) is 6.86. The molecule has 0 fully saturated rings. The number of esters is 2. The first-order valence-corrected chi connectivity index (χ1v) is 14.0. The number of rotatable bonds is 24. The average molecular weight is 533 g/mol. The van der Waals surface area contributed by atoms with Gasteiger partial charge in [0.2, 0.25) is 0 Å². The fraction of sp³-hybridized carbons (Fsp3) is 0.917. The first kappa shape index (κ1) is 36.9. The molecule has 1 atom stereocenters. The van der Waals surface area contributed by atoms with Gasteiger partial charge in [0, 0.05) is 32.3 Å². The monoisotopic (exact) mass is 532 g/mol. The normalized spacial score (nSPS) is 12.1. The molecule has 1 unspecified atom stereocenters. The second-order valence-corrected chi connectivity index (χ2v) is 10.2. The summed E-state index contributed by atoms with van der Waals surface area (Å²) in [5.41, 5.74) is 0. The second kappa shape index (κ2) is 25.4. The molecule has 0 aliphatic heterocycles. The average Bonchev–Trinajstić information content (AvgIpc) is 2.78. The van der Waals surface area contributed by atoms with Crippen LogP contribution in [-0.4, -0.2) is 70.8 Å². The SMILES string of the molecule is COCCOC(=O)CCCCCCCCC(CCCCCCCC(=O)OCCOC)S(=O)(=O)[O-].[Na+]. The Hall–Kier alpha value is -0.230. The van der Waals surface area contributed by atoms with E-state index in [4.69, 9.17) is 18.9 Å². The summed E-state index contributed by atoms with van der Waals surface area (Å²) in [5, 5.41) is -0.815. The molecule has 0 N–H and O–H groups in total. The van der Waals surface area contributed by atoms with Crippen molar-refractivity contribution in [2.45, 2.75) is 102 Å². The summed E-state index contributed by atoms with van der Waals surface area (Å²) in [6.45, 7) is 1.35. The molecule has 35 heavy (non-hydrogen) atoms. The number of unbranched alkanes of at least 4 members (excludes halogenated alkanes) is 9. The number of hydrogen-bond donors (Lipinski definition) is 0. The molecule has 0 aliphatic carbocycles. The predicted octanol–water partition coefficient (Wildman–Crippen LogP) is 1.13. The van der Waals surface area contributed by atoms with Crippen LogP contribution in [0.1, 0.15) is 96.3 Å². The van der Waals surface area contributed by atoms with Crippen LogP contribution in [0.3, 0.4) is 0 Å². The Bertz CT molecular complexity index is 614. The number of methoxy groups -OCH3 is 2. The summed E-state index contributed by atoms with van der Waals surface area (Å²) in [6, 6.07) is 0. The van der Waals surface area contributed by atoms with Crippen molar-refractivity contribution >= 4 is 22.1 Å². The van der Waals surface area contributed by atoms with Gasteiger partial charge in [-0.2, -0.15) is 0 Å². The quantitative estimate of drug-likeness (QED) is 0.0778. The summed E-state index contributed by atoms with van der Waals surface area (Å²) in [5.74, 6) is -0.434. The number of carbonyl (C=O) groups is 2. The molecule has 202 valence electrons. The van der Waals surface area contributed by atoms with Crippen molar-refractivity contribution in [2.24, 2.45) is 0 Å². The number of ether oxygens (including phenoxy) is 4. The molecule has 0 bridgehead atoms. The largest absolute Gasteiger partial charge is 1.00 e. The van der Waals surface area contributed by atoms with E-state index in [1.165, 1.54) is 0 Å². The summed E-state index contributed by atoms with van der Waals surface area (Å²) in [4.78, 5) is 22.9. The third kappa shape index (κ3) is 25.2. The van der Waals surface area contributed by atoms with Gasteiger partial charge in [0.05, 0.1) is 23.3 Å². The molecule has 0 aromatic heterocycles. The van der Waals surface area contributed by atoms with Crippen LogP contribution in [0, 0.1) is 0 Å². The molecule has 0 aliphatic rings. The molecule has 11 heteroatoms. The van der Waals surface area contributed by atoms with Crippen LogP contribution in [0.25, 0.3) is 0 Å². The van der Waals surface area contributed by atoms with E-state index in [1.807, 2.05) is 0 Å². The molecule has 0 spiro atoms. The van der Waals surface area contributed by atoms with Gasteiger partial charge in [0.25, 0.3) is 0 Å². The van der Waals surface area contributed by atoms with Crippen molar-refractivity contribution in [3.63, 3.8) is 0 Å². The van der Waals surface area contributed by atoms with Crippen LogP contribution in [0.2, 0.25) is 0 Å².